The van der Waals surface area contributed by atoms with Crippen molar-refractivity contribution in [2.24, 2.45) is 5.73 Å². The highest BCUT2D eigenvalue weighted by atomic mass is 28.2. The monoisotopic (exact) mass is 104 g/mol. The van der Waals surface area contributed by atoms with Crippen LogP contribution in [0.1, 0.15) is 0 Å². The van der Waals surface area contributed by atoms with Gasteiger partial charge in [-0.2, -0.15) is 0 Å². The van der Waals surface area contributed by atoms with Gasteiger partial charge in [-0.15, -0.1) is 0 Å². The lowest BCUT2D eigenvalue weighted by Crippen LogP contribution is -1.97. The molecule has 0 saturated carbocycles. The van der Waals surface area contributed by atoms with Crippen LogP contribution in [0, 0.1) is 0 Å². The third-order valence-electron chi connectivity index (χ3n) is 0.225. The molecule has 0 fully saturated rings. The van der Waals surface area contributed by atoms with Gasteiger partial charge < -0.3 is 10.2 Å². The number of rotatable bonds is 1. The quantitative estimate of drug-likeness (QED) is 0.370. The van der Waals surface area contributed by atoms with Gasteiger partial charge in [0.25, 0.3) is 0 Å². The zero-order valence-electron chi connectivity index (χ0n) is 2.94. The highest BCUT2D eigenvalue weighted by molar-refractivity contribution is 5.98. The Morgan fingerprint density at radius 3 is 2.50 bits per heavy atom. The Morgan fingerprint density at radius 2 is 2.50 bits per heavy atom. The Morgan fingerprint density at radius 1 is 2.00 bits per heavy atom. The lowest BCUT2D eigenvalue weighted by Gasteiger charge is -1.89. The minimum atomic E-state index is -0.285. The summed E-state index contributed by atoms with van der Waals surface area (Å²) in [7, 11) is 2.48. The molecule has 0 spiro atoms. The van der Waals surface area contributed by atoms with Gasteiger partial charge >= 0.3 is 10.5 Å². The molecule has 2 N–H and O–H groups in total. The Kier molecular flexibility index (Phi) is 2.48. The van der Waals surface area contributed by atoms with Gasteiger partial charge in [-0.05, 0) is 0 Å². The fourth-order valence-electron chi connectivity index (χ4n) is 0.0223. The van der Waals surface area contributed by atoms with E-state index >= 15 is 0 Å². The summed E-state index contributed by atoms with van der Waals surface area (Å²) in [6.07, 6.45) is 0.146. The van der Waals surface area contributed by atoms with Crippen molar-refractivity contribution in [2.75, 3.05) is 0 Å². The molecule has 0 heterocycles. The molecule has 33 valence electrons. The molecule has 0 atom stereocenters. The minimum absolute atomic E-state index is 0.146. The van der Waals surface area contributed by atoms with E-state index in [9.17, 15) is 4.39 Å². The number of hydrogen-bond acceptors (Lipinski definition) is 2. The van der Waals surface area contributed by atoms with E-state index in [1.807, 2.05) is 0 Å². The van der Waals surface area contributed by atoms with Gasteiger partial charge in [0, 0.05) is 0 Å². The van der Waals surface area contributed by atoms with Crippen LogP contribution in [0.25, 0.3) is 0 Å². The number of nitrogens with two attached hydrogens (primary N) is 1. The standard InChI is InChI=1S/C2H3FNOSi/c3-1-2(4)5-6/h1H,4H2/b2-1-. The van der Waals surface area contributed by atoms with Crippen molar-refractivity contribution in [3.8, 4) is 0 Å². The molecular weight excluding hydrogens is 101 g/mol. The van der Waals surface area contributed by atoms with Crippen LogP contribution in [0.4, 0.5) is 4.39 Å². The van der Waals surface area contributed by atoms with E-state index < -0.39 is 0 Å². The summed E-state index contributed by atoms with van der Waals surface area (Å²) in [6.45, 7) is 0. The molecule has 0 rings (SSSR count). The van der Waals surface area contributed by atoms with Crippen molar-refractivity contribution in [1.82, 2.24) is 0 Å². The second-order valence-corrected chi connectivity index (χ2v) is 0.818. The second kappa shape index (κ2) is 2.71. The summed E-state index contributed by atoms with van der Waals surface area (Å²) >= 11 is 0. The van der Waals surface area contributed by atoms with Crippen LogP contribution in [0.2, 0.25) is 0 Å². The summed E-state index contributed by atoms with van der Waals surface area (Å²) in [5.74, 6) is -0.285. The van der Waals surface area contributed by atoms with Gasteiger partial charge in [0.2, 0.25) is 0 Å². The normalized spacial score (nSPS) is 11.3. The smallest absolute Gasteiger partial charge is 0.343 e. The molecule has 0 aliphatic carbocycles. The Bertz CT molecular complexity index is 64.6. The van der Waals surface area contributed by atoms with Crippen molar-refractivity contribution < 1.29 is 8.82 Å². The lowest BCUT2D eigenvalue weighted by atomic mass is 11.0. The summed E-state index contributed by atoms with van der Waals surface area (Å²) in [5, 5.41) is 0. The predicted octanol–water partition coefficient (Wildman–Crippen LogP) is -0.186. The first-order valence-electron chi connectivity index (χ1n) is 1.20. The van der Waals surface area contributed by atoms with Crippen LogP contribution in [-0.2, 0) is 4.43 Å². The molecule has 4 heteroatoms. The first-order chi connectivity index (χ1) is 2.81. The van der Waals surface area contributed by atoms with Crippen molar-refractivity contribution in [1.29, 1.82) is 0 Å². The molecule has 0 aliphatic rings. The maximum Gasteiger partial charge on any atom is 0.343 e. The van der Waals surface area contributed by atoms with Crippen LogP contribution in [0.5, 0.6) is 0 Å². The van der Waals surface area contributed by atoms with Gasteiger partial charge in [-0.25, -0.2) is 4.39 Å². The van der Waals surface area contributed by atoms with Crippen molar-refractivity contribution in [3.05, 3.63) is 12.2 Å². The van der Waals surface area contributed by atoms with Gasteiger partial charge in [-0.1, -0.05) is 0 Å². The molecule has 0 aliphatic heterocycles. The zero-order chi connectivity index (χ0) is 4.99. The largest absolute Gasteiger partial charge is 0.528 e. The molecule has 0 unspecified atom stereocenters. The highest BCUT2D eigenvalue weighted by Crippen LogP contribution is 1.79. The molecule has 0 bridgehead atoms. The summed E-state index contributed by atoms with van der Waals surface area (Å²) in [5.41, 5.74) is 4.69. The van der Waals surface area contributed by atoms with E-state index in [2.05, 4.69) is 20.6 Å². The summed E-state index contributed by atoms with van der Waals surface area (Å²) in [6, 6.07) is 0. The first kappa shape index (κ1) is 5.49. The van der Waals surface area contributed by atoms with E-state index in [0.29, 0.717) is 0 Å². The highest BCUT2D eigenvalue weighted by Gasteiger charge is 1.76. The van der Waals surface area contributed by atoms with E-state index in [0.717, 1.165) is 0 Å². The maximum absolute atomic E-state index is 10.9. The third-order valence-corrected chi connectivity index (χ3v) is 0.461. The predicted molar refractivity (Wildman–Crippen MR) is 20.2 cm³/mol. The average molecular weight is 104 g/mol. The Balaban J connectivity index is 3.22. The number of hydrogen-bond donors (Lipinski definition) is 1. The van der Waals surface area contributed by atoms with E-state index in [-0.39, 0.29) is 12.2 Å². The number of halogens is 1. The molecule has 6 heavy (non-hydrogen) atoms. The fraction of sp³-hybridized carbons (Fsp3) is 0. The van der Waals surface area contributed by atoms with Crippen LogP contribution < -0.4 is 5.73 Å². The molecule has 0 aromatic carbocycles. The van der Waals surface area contributed by atoms with Crippen molar-refractivity contribution in [2.45, 2.75) is 0 Å². The average Bonchev–Trinajstić information content (AvgIpc) is 1.65. The molecule has 0 aromatic rings. The molecule has 0 saturated heterocycles. The van der Waals surface area contributed by atoms with Gasteiger partial charge in [0.1, 0.15) is 6.33 Å². The van der Waals surface area contributed by atoms with Gasteiger partial charge in [-0.3, -0.25) is 0 Å². The zero-order valence-corrected chi connectivity index (χ0v) is 3.94. The Hall–Kier alpha value is -0.513. The third kappa shape index (κ3) is 1.77. The molecular formula is C2H3FNOSi. The fourth-order valence-corrected chi connectivity index (χ4v) is 0.0668. The first-order valence-corrected chi connectivity index (χ1v) is 1.61. The van der Waals surface area contributed by atoms with Gasteiger partial charge in [0.15, 0.2) is 5.88 Å². The second-order valence-electron chi connectivity index (χ2n) is 0.614. The molecule has 2 nitrogen and oxygen atoms in total. The summed E-state index contributed by atoms with van der Waals surface area (Å²) in [4.78, 5) is 0. The maximum atomic E-state index is 10.9. The van der Waals surface area contributed by atoms with Crippen LogP contribution in [-0.4, -0.2) is 10.5 Å². The van der Waals surface area contributed by atoms with Crippen LogP contribution >= 0.6 is 0 Å². The minimum Gasteiger partial charge on any atom is -0.528 e. The molecule has 0 aromatic heterocycles. The van der Waals surface area contributed by atoms with Crippen LogP contribution in [0.15, 0.2) is 12.2 Å². The summed E-state index contributed by atoms with van der Waals surface area (Å²) < 4.78 is 14.9. The van der Waals surface area contributed by atoms with Crippen molar-refractivity contribution in [3.63, 3.8) is 0 Å². The molecule has 3 radical (unpaired) electrons. The van der Waals surface area contributed by atoms with Crippen molar-refractivity contribution >= 4 is 10.5 Å². The topological polar surface area (TPSA) is 35.2 Å². The van der Waals surface area contributed by atoms with E-state index in [1.165, 1.54) is 0 Å². The van der Waals surface area contributed by atoms with Crippen LogP contribution in [0.3, 0.4) is 0 Å². The lowest BCUT2D eigenvalue weighted by molar-refractivity contribution is 0.443. The Labute approximate surface area is 38.3 Å². The molecule has 0 amide bonds. The van der Waals surface area contributed by atoms with E-state index in [1.54, 1.807) is 0 Å². The van der Waals surface area contributed by atoms with E-state index in [4.69, 9.17) is 0 Å². The van der Waals surface area contributed by atoms with Gasteiger partial charge in [0.05, 0.1) is 0 Å². The SMILES string of the molecule is N/C(=C/F)O[Si].